The Hall–Kier alpha value is -5.40. The number of nitrogens with zero attached hydrogens (tertiary/aromatic N) is 1. The molecule has 0 unspecified atom stereocenters. The Morgan fingerprint density at radius 2 is 0.981 bits per heavy atom. The molecule has 0 bridgehead atoms. The van der Waals surface area contributed by atoms with Crippen molar-refractivity contribution in [3.05, 3.63) is 223 Å². The second-order valence-electron chi connectivity index (χ2n) is 12.4. The molecule has 0 spiro atoms. The Bertz CT molecular complexity index is 2080. The summed E-state index contributed by atoms with van der Waals surface area (Å²) in [7, 11) is 0. The van der Waals surface area contributed by atoms with E-state index in [0.717, 1.165) is 49.8 Å². The fraction of sp³-hybridized carbons (Fsp3) is 0.122. The second kappa shape index (κ2) is 21.8. The molecule has 0 aliphatic heterocycles. The van der Waals surface area contributed by atoms with Crippen molar-refractivity contribution in [1.82, 2.24) is 4.98 Å². The summed E-state index contributed by atoms with van der Waals surface area (Å²) in [5.74, 6) is 0. The van der Waals surface area contributed by atoms with Crippen LogP contribution in [0.25, 0.3) is 33.5 Å². The van der Waals surface area contributed by atoms with E-state index in [1.807, 2.05) is 30.3 Å². The SMILES string of the molecule is [C-]#[O+].[C-]#[O+].[Ir+3].[c-]1cccc(CCc2cc(CCc3c[c-]ccc3)cc(CCc3cnc(-c4[c-]cccc4)cc3-c3ccc(-c4ccccc4)cc3)c2)c1. The number of benzene rings is 6. The number of aromatic nitrogens is 1. The maximum absolute atomic E-state index is 7.50. The minimum atomic E-state index is 0. The zero-order chi connectivity index (χ0) is 36.4. The van der Waals surface area contributed by atoms with Crippen molar-refractivity contribution in [2.75, 3.05) is 0 Å². The maximum atomic E-state index is 7.50. The topological polar surface area (TPSA) is 52.7 Å². The monoisotopic (exact) mass is 865 g/mol. The van der Waals surface area contributed by atoms with Gasteiger partial charge in [0, 0.05) is 6.20 Å². The van der Waals surface area contributed by atoms with Gasteiger partial charge in [-0.05, 0) is 75.9 Å². The first kappa shape index (κ1) is 40.4. The van der Waals surface area contributed by atoms with Gasteiger partial charge in [-0.25, -0.2) is 0 Å². The van der Waals surface area contributed by atoms with Crippen LogP contribution in [0.4, 0.5) is 0 Å². The van der Waals surface area contributed by atoms with E-state index in [2.05, 4.69) is 159 Å². The largest absolute Gasteiger partial charge is 3.00 e. The fourth-order valence-electron chi connectivity index (χ4n) is 6.43. The molecule has 0 amide bonds. The molecule has 0 N–H and O–H groups in total. The summed E-state index contributed by atoms with van der Waals surface area (Å²) in [5.41, 5.74) is 14.9. The van der Waals surface area contributed by atoms with Gasteiger partial charge < -0.3 is 4.98 Å². The average molecular weight is 865 g/mol. The Kier molecular flexibility index (Phi) is 16.6. The number of rotatable bonds is 12. The van der Waals surface area contributed by atoms with E-state index in [0.29, 0.717) is 0 Å². The van der Waals surface area contributed by atoms with E-state index in [4.69, 9.17) is 14.3 Å². The van der Waals surface area contributed by atoms with Gasteiger partial charge in [-0.1, -0.05) is 91.7 Å². The first-order valence-electron chi connectivity index (χ1n) is 17.3. The van der Waals surface area contributed by atoms with Crippen LogP contribution in [0.2, 0.25) is 0 Å². The van der Waals surface area contributed by atoms with Gasteiger partial charge in [0.25, 0.3) is 0 Å². The van der Waals surface area contributed by atoms with Gasteiger partial charge in [-0.3, -0.25) is 0 Å². The average Bonchev–Trinajstić information content (AvgIpc) is 3.24. The third kappa shape index (κ3) is 11.8. The molecular weight excluding hydrogens is 827 g/mol. The molecular formula is C49H38IrNO2. The predicted molar refractivity (Wildman–Crippen MR) is 206 cm³/mol. The molecule has 53 heavy (non-hydrogen) atoms. The summed E-state index contributed by atoms with van der Waals surface area (Å²) in [6.45, 7) is 9.00. The van der Waals surface area contributed by atoms with Crippen LogP contribution in [-0.2, 0) is 67.9 Å². The van der Waals surface area contributed by atoms with Gasteiger partial charge in [0.1, 0.15) is 0 Å². The third-order valence-corrected chi connectivity index (χ3v) is 9.02. The standard InChI is InChI=1S/C47H38N.2CO.Ir/c1-5-13-36(14-6-1)21-23-38-31-39(24-22-37-15-7-2-8-16-37)33-40(32-38)25-26-45-35-48-47(44-19-11-4-12-20-44)34-46(45)43-29-27-42(28-30-43)41-17-9-3-10-18-41;2*1-2;/h1-5,7,9-19,27-35H,21-26H2;;;/q-3;;;+3. The Labute approximate surface area is 327 Å². The Balaban J connectivity index is 0.00000121. The third-order valence-electron chi connectivity index (χ3n) is 9.02. The second-order valence-corrected chi connectivity index (χ2v) is 12.4. The molecule has 3 nitrogen and oxygen atoms in total. The molecule has 6 aromatic carbocycles. The van der Waals surface area contributed by atoms with Crippen LogP contribution in [0.15, 0.2) is 158 Å². The molecule has 7 aromatic rings. The summed E-state index contributed by atoms with van der Waals surface area (Å²) < 4.78 is 15.0. The van der Waals surface area contributed by atoms with Gasteiger partial charge in [0.2, 0.25) is 0 Å². The van der Waals surface area contributed by atoms with Crippen molar-refractivity contribution in [2.24, 2.45) is 0 Å². The van der Waals surface area contributed by atoms with E-state index in [1.54, 1.807) is 0 Å². The van der Waals surface area contributed by atoms with Crippen LogP contribution in [0, 0.1) is 31.5 Å². The zero-order valence-electron chi connectivity index (χ0n) is 29.4. The Morgan fingerprint density at radius 1 is 0.472 bits per heavy atom. The van der Waals surface area contributed by atoms with Gasteiger partial charge in [-0.2, -0.15) is 71.8 Å². The minimum absolute atomic E-state index is 0. The fourth-order valence-corrected chi connectivity index (χ4v) is 6.43. The summed E-state index contributed by atoms with van der Waals surface area (Å²) >= 11 is 0. The maximum Gasteiger partial charge on any atom is 3.00 e. The van der Waals surface area contributed by atoms with Crippen molar-refractivity contribution in [2.45, 2.75) is 38.5 Å². The van der Waals surface area contributed by atoms with Crippen LogP contribution in [0.3, 0.4) is 0 Å². The molecule has 0 atom stereocenters. The van der Waals surface area contributed by atoms with E-state index >= 15 is 0 Å². The quantitative estimate of drug-likeness (QED) is 0.0892. The number of hydrogen-bond donors (Lipinski definition) is 0. The molecule has 0 fully saturated rings. The summed E-state index contributed by atoms with van der Waals surface area (Å²) in [6.07, 6.45) is 8.00. The van der Waals surface area contributed by atoms with Crippen LogP contribution >= 0.6 is 0 Å². The molecule has 0 saturated carbocycles. The van der Waals surface area contributed by atoms with Crippen LogP contribution < -0.4 is 0 Å². The first-order chi connectivity index (χ1) is 25.8. The number of pyridine rings is 1. The molecule has 260 valence electrons. The minimum Gasteiger partial charge on any atom is -0.304 e. The molecule has 4 heteroatoms. The van der Waals surface area contributed by atoms with Gasteiger partial charge in [-0.15, -0.1) is 35.9 Å². The first-order valence-corrected chi connectivity index (χ1v) is 17.3. The molecule has 1 aromatic heterocycles. The van der Waals surface area contributed by atoms with E-state index < -0.39 is 0 Å². The molecule has 0 saturated heterocycles. The van der Waals surface area contributed by atoms with Gasteiger partial charge >= 0.3 is 42.7 Å². The molecule has 0 radical (unpaired) electrons. The van der Waals surface area contributed by atoms with Crippen molar-refractivity contribution in [3.63, 3.8) is 0 Å². The van der Waals surface area contributed by atoms with Gasteiger partial charge in [0.15, 0.2) is 0 Å². The van der Waals surface area contributed by atoms with Crippen LogP contribution in [0.1, 0.15) is 33.4 Å². The summed E-state index contributed by atoms with van der Waals surface area (Å²) in [5, 5.41) is 0. The number of aryl methyl sites for hydroxylation is 6. The predicted octanol–water partition coefficient (Wildman–Crippen LogP) is 10.8. The molecule has 7 rings (SSSR count). The van der Waals surface area contributed by atoms with Crippen molar-refractivity contribution < 1.29 is 29.4 Å². The number of hydrogen-bond acceptors (Lipinski definition) is 1. The molecule has 0 aliphatic rings. The van der Waals surface area contributed by atoms with E-state index in [1.165, 1.54) is 55.6 Å². The molecule has 1 heterocycles. The van der Waals surface area contributed by atoms with Crippen molar-refractivity contribution in [3.8, 4) is 33.5 Å². The smallest absolute Gasteiger partial charge is 0.304 e. The van der Waals surface area contributed by atoms with Crippen LogP contribution in [0.5, 0.6) is 0 Å². The van der Waals surface area contributed by atoms with E-state index in [9.17, 15) is 0 Å². The normalized spacial score (nSPS) is 10.0. The summed E-state index contributed by atoms with van der Waals surface area (Å²) in [4.78, 5) is 4.94. The van der Waals surface area contributed by atoms with Crippen molar-refractivity contribution in [1.29, 1.82) is 0 Å². The zero-order valence-corrected chi connectivity index (χ0v) is 31.7. The van der Waals surface area contributed by atoms with Crippen LogP contribution in [-0.4, -0.2) is 4.98 Å². The molecule has 0 aliphatic carbocycles. The van der Waals surface area contributed by atoms with Gasteiger partial charge in [0.05, 0.1) is 0 Å². The summed E-state index contributed by atoms with van der Waals surface area (Å²) in [6, 6.07) is 63.6. The van der Waals surface area contributed by atoms with E-state index in [-0.39, 0.29) is 20.1 Å². The van der Waals surface area contributed by atoms with Crippen molar-refractivity contribution >= 4 is 0 Å². The Morgan fingerprint density at radius 3 is 1.51 bits per heavy atom.